The van der Waals surface area contributed by atoms with Crippen molar-refractivity contribution in [3.05, 3.63) is 24.2 Å². The lowest BCUT2D eigenvalue weighted by Gasteiger charge is -2.24. The van der Waals surface area contributed by atoms with E-state index in [9.17, 15) is 4.79 Å². The molecular formula is C10H12O3. The van der Waals surface area contributed by atoms with Gasteiger partial charge in [0.15, 0.2) is 11.9 Å². The molecule has 2 aliphatic heterocycles. The Bertz CT molecular complexity index is 265. The fraction of sp³-hybridized carbons (Fsp3) is 0.500. The molecule has 3 heteroatoms. The third kappa shape index (κ3) is 1.91. The minimum Gasteiger partial charge on any atom is -0.494 e. The lowest BCUT2D eigenvalue weighted by Crippen LogP contribution is -2.23. The van der Waals surface area contributed by atoms with E-state index >= 15 is 0 Å². The third-order valence-electron chi connectivity index (χ3n) is 2.16. The van der Waals surface area contributed by atoms with Gasteiger partial charge in [0.25, 0.3) is 0 Å². The van der Waals surface area contributed by atoms with Gasteiger partial charge in [0, 0.05) is 6.08 Å². The average molecular weight is 180 g/mol. The van der Waals surface area contributed by atoms with Gasteiger partial charge < -0.3 is 9.47 Å². The minimum atomic E-state index is -0.183. The van der Waals surface area contributed by atoms with Gasteiger partial charge in [0.05, 0.1) is 19.3 Å². The second-order valence-electron chi connectivity index (χ2n) is 3.20. The molecule has 0 fully saturated rings. The molecule has 0 aromatic heterocycles. The van der Waals surface area contributed by atoms with Crippen LogP contribution in [0.15, 0.2) is 24.2 Å². The molecule has 0 bridgehead atoms. The summed E-state index contributed by atoms with van der Waals surface area (Å²) in [5.74, 6) is 0.926. The molecule has 0 saturated carbocycles. The summed E-state index contributed by atoms with van der Waals surface area (Å²) in [5.41, 5.74) is 0. The predicted octanol–water partition coefficient (Wildman–Crippen LogP) is 1.55. The molecule has 0 saturated heterocycles. The van der Waals surface area contributed by atoms with Crippen LogP contribution in [-0.2, 0) is 14.3 Å². The zero-order chi connectivity index (χ0) is 9.10. The first-order valence-corrected chi connectivity index (χ1v) is 4.54. The summed E-state index contributed by atoms with van der Waals surface area (Å²) in [6, 6.07) is 0. The molecule has 3 nitrogen and oxygen atoms in total. The normalized spacial score (nSPS) is 27.5. The highest BCUT2D eigenvalue weighted by atomic mass is 16.5. The lowest BCUT2D eigenvalue weighted by molar-refractivity contribution is -0.118. The summed E-state index contributed by atoms with van der Waals surface area (Å²) >= 11 is 0. The van der Waals surface area contributed by atoms with Gasteiger partial charge in [-0.25, -0.2) is 0 Å². The molecule has 2 rings (SSSR count). The summed E-state index contributed by atoms with van der Waals surface area (Å²) in [4.78, 5) is 11.1. The quantitative estimate of drug-likeness (QED) is 0.614. The van der Waals surface area contributed by atoms with Gasteiger partial charge >= 0.3 is 0 Å². The Morgan fingerprint density at radius 2 is 2.38 bits per heavy atom. The number of carbonyl (C=O) groups excluding carboxylic acids is 1. The van der Waals surface area contributed by atoms with Gasteiger partial charge in [-0.2, -0.15) is 0 Å². The summed E-state index contributed by atoms with van der Waals surface area (Å²) < 4.78 is 10.7. The number of hydrogen-bond donors (Lipinski definition) is 0. The molecule has 0 aromatic rings. The van der Waals surface area contributed by atoms with Crippen LogP contribution in [0.3, 0.4) is 0 Å². The van der Waals surface area contributed by atoms with E-state index in [4.69, 9.17) is 9.47 Å². The number of allylic oxidation sites excluding steroid dienone is 2. The average Bonchev–Trinajstić information content (AvgIpc) is 2.19. The zero-order valence-electron chi connectivity index (χ0n) is 7.36. The topological polar surface area (TPSA) is 35.5 Å². The predicted molar refractivity (Wildman–Crippen MR) is 46.9 cm³/mol. The van der Waals surface area contributed by atoms with E-state index in [1.165, 1.54) is 12.3 Å². The van der Waals surface area contributed by atoms with Crippen LogP contribution in [0.25, 0.3) is 0 Å². The lowest BCUT2D eigenvalue weighted by atomic mass is 10.1. The van der Waals surface area contributed by atoms with Gasteiger partial charge in [-0.15, -0.1) is 0 Å². The molecule has 13 heavy (non-hydrogen) atoms. The monoisotopic (exact) mass is 180 g/mol. The molecule has 0 aromatic carbocycles. The van der Waals surface area contributed by atoms with E-state index in [-0.39, 0.29) is 11.9 Å². The van der Waals surface area contributed by atoms with E-state index in [1.807, 2.05) is 6.08 Å². The van der Waals surface area contributed by atoms with Crippen molar-refractivity contribution in [2.75, 3.05) is 6.61 Å². The molecule has 70 valence electrons. The first-order valence-electron chi connectivity index (χ1n) is 4.54. The molecule has 1 unspecified atom stereocenters. The van der Waals surface area contributed by atoms with Crippen molar-refractivity contribution in [1.82, 2.24) is 0 Å². The van der Waals surface area contributed by atoms with Crippen molar-refractivity contribution in [3.63, 3.8) is 0 Å². The third-order valence-corrected chi connectivity index (χ3v) is 2.16. The van der Waals surface area contributed by atoms with E-state index in [1.54, 1.807) is 0 Å². The van der Waals surface area contributed by atoms with E-state index in [2.05, 4.69) is 0 Å². The van der Waals surface area contributed by atoms with Crippen molar-refractivity contribution in [1.29, 1.82) is 0 Å². The molecule has 0 aliphatic carbocycles. The van der Waals surface area contributed by atoms with Gasteiger partial charge in [0.2, 0.25) is 0 Å². The number of carbonyl (C=O) groups is 1. The van der Waals surface area contributed by atoms with Crippen LogP contribution in [0.4, 0.5) is 0 Å². The fourth-order valence-corrected chi connectivity index (χ4v) is 1.48. The molecule has 2 aliphatic rings. The van der Waals surface area contributed by atoms with Crippen LogP contribution in [0, 0.1) is 0 Å². The summed E-state index contributed by atoms with van der Waals surface area (Å²) in [6.45, 7) is 0.740. The Balaban J connectivity index is 2.04. The molecular weight excluding hydrogens is 168 g/mol. The van der Waals surface area contributed by atoms with Crippen molar-refractivity contribution < 1.29 is 14.3 Å². The van der Waals surface area contributed by atoms with Gasteiger partial charge in [-0.05, 0) is 18.9 Å². The maximum absolute atomic E-state index is 11.1. The molecule has 0 radical (unpaired) electrons. The van der Waals surface area contributed by atoms with Crippen LogP contribution in [0.5, 0.6) is 0 Å². The van der Waals surface area contributed by atoms with Crippen LogP contribution >= 0.6 is 0 Å². The largest absolute Gasteiger partial charge is 0.494 e. The maximum atomic E-state index is 11.1. The number of rotatable bonds is 1. The second kappa shape index (κ2) is 3.64. The van der Waals surface area contributed by atoms with E-state index in [0.29, 0.717) is 6.42 Å². The zero-order valence-corrected chi connectivity index (χ0v) is 7.36. The maximum Gasteiger partial charge on any atom is 0.162 e. The number of ether oxygens (including phenoxy) is 2. The highest BCUT2D eigenvalue weighted by Crippen LogP contribution is 2.21. The molecule has 2 heterocycles. The Kier molecular flexibility index (Phi) is 2.34. The van der Waals surface area contributed by atoms with Crippen molar-refractivity contribution >= 4 is 5.78 Å². The highest BCUT2D eigenvalue weighted by molar-refractivity contribution is 5.90. The minimum absolute atomic E-state index is 0.103. The van der Waals surface area contributed by atoms with Crippen LogP contribution in [-0.4, -0.2) is 18.5 Å². The Labute approximate surface area is 77.0 Å². The number of hydrogen-bond acceptors (Lipinski definition) is 3. The van der Waals surface area contributed by atoms with Gasteiger partial charge in [0.1, 0.15) is 5.76 Å². The summed E-state index contributed by atoms with van der Waals surface area (Å²) in [5, 5.41) is 0. The smallest absolute Gasteiger partial charge is 0.162 e. The van der Waals surface area contributed by atoms with E-state index in [0.717, 1.165) is 25.2 Å². The summed E-state index contributed by atoms with van der Waals surface area (Å²) in [7, 11) is 0. The van der Waals surface area contributed by atoms with E-state index < -0.39 is 0 Å². The van der Waals surface area contributed by atoms with Crippen LogP contribution in [0.1, 0.15) is 19.3 Å². The Morgan fingerprint density at radius 3 is 3.08 bits per heavy atom. The van der Waals surface area contributed by atoms with Crippen LogP contribution in [0.2, 0.25) is 0 Å². The molecule has 0 N–H and O–H groups in total. The van der Waals surface area contributed by atoms with Crippen molar-refractivity contribution in [3.8, 4) is 0 Å². The Hall–Kier alpha value is -1.25. The van der Waals surface area contributed by atoms with Gasteiger partial charge in [-0.1, -0.05) is 0 Å². The molecule has 0 spiro atoms. The summed E-state index contributed by atoms with van der Waals surface area (Å²) in [6.07, 6.45) is 7.23. The second-order valence-corrected chi connectivity index (χ2v) is 3.20. The first kappa shape index (κ1) is 8.35. The van der Waals surface area contributed by atoms with Crippen molar-refractivity contribution in [2.45, 2.75) is 25.4 Å². The molecule has 1 atom stereocenters. The fourth-order valence-electron chi connectivity index (χ4n) is 1.48. The Morgan fingerprint density at radius 1 is 1.46 bits per heavy atom. The SMILES string of the molecule is O=C1C=COC(C2=CCCCO2)C1. The van der Waals surface area contributed by atoms with Crippen molar-refractivity contribution in [2.24, 2.45) is 0 Å². The highest BCUT2D eigenvalue weighted by Gasteiger charge is 2.23. The van der Waals surface area contributed by atoms with Crippen LogP contribution < -0.4 is 0 Å². The molecule has 0 amide bonds. The standard InChI is InChI=1S/C10H12O3/c11-8-4-6-13-10(7-8)9-3-1-2-5-12-9/h3-4,6,10H,1-2,5,7H2. The van der Waals surface area contributed by atoms with Gasteiger partial charge in [-0.3, -0.25) is 4.79 Å². The first-order chi connectivity index (χ1) is 6.36. The number of ketones is 1.